The van der Waals surface area contributed by atoms with Crippen LogP contribution in [-0.2, 0) is 11.2 Å². The van der Waals surface area contributed by atoms with Gasteiger partial charge >= 0.3 is 0 Å². The number of nitrogens with zero attached hydrogens (tertiary/aromatic N) is 2. The summed E-state index contributed by atoms with van der Waals surface area (Å²) in [5.74, 6) is 3.73. The first-order chi connectivity index (χ1) is 13.7. The van der Waals surface area contributed by atoms with Crippen molar-refractivity contribution in [3.8, 4) is 17.1 Å². The number of benzene rings is 1. The number of hydrogen-bond acceptors (Lipinski definition) is 5. The molecule has 1 N–H and O–H groups in total. The SMILES string of the molecule is COc1ccccc1-c1noc(CCC(=O)NC[C@@H]2C[C@@H]3C=C[C@@H]2C32CC2)n1. The third-order valence-corrected chi connectivity index (χ3v) is 6.79. The van der Waals surface area contributed by atoms with E-state index in [1.807, 2.05) is 24.3 Å². The number of aryl methyl sites for hydroxylation is 1. The maximum absolute atomic E-state index is 12.3. The van der Waals surface area contributed by atoms with Crippen LogP contribution in [-0.4, -0.2) is 29.7 Å². The highest BCUT2D eigenvalue weighted by molar-refractivity contribution is 5.76. The summed E-state index contributed by atoms with van der Waals surface area (Å²) >= 11 is 0. The Morgan fingerprint density at radius 3 is 2.96 bits per heavy atom. The highest BCUT2D eigenvalue weighted by Crippen LogP contribution is 2.69. The molecule has 1 spiro atoms. The van der Waals surface area contributed by atoms with Gasteiger partial charge in [0.2, 0.25) is 17.6 Å². The van der Waals surface area contributed by atoms with Gasteiger partial charge in [-0.1, -0.05) is 29.4 Å². The zero-order valence-corrected chi connectivity index (χ0v) is 16.1. The molecule has 2 fully saturated rings. The van der Waals surface area contributed by atoms with Gasteiger partial charge in [-0.05, 0) is 54.6 Å². The molecule has 1 amide bonds. The lowest BCUT2D eigenvalue weighted by molar-refractivity contribution is -0.121. The van der Waals surface area contributed by atoms with Crippen LogP contribution in [0.2, 0.25) is 0 Å². The van der Waals surface area contributed by atoms with E-state index in [4.69, 9.17) is 9.26 Å². The number of ether oxygens (including phenoxy) is 1. The molecule has 2 saturated carbocycles. The summed E-state index contributed by atoms with van der Waals surface area (Å²) in [6.07, 6.45) is 9.56. The van der Waals surface area contributed by atoms with Crippen LogP contribution in [0.1, 0.15) is 31.6 Å². The molecular formula is C22H25N3O3. The highest BCUT2D eigenvalue weighted by Gasteiger charge is 2.62. The van der Waals surface area contributed by atoms with Crippen molar-refractivity contribution in [2.45, 2.75) is 32.1 Å². The van der Waals surface area contributed by atoms with Crippen molar-refractivity contribution in [1.29, 1.82) is 0 Å². The van der Waals surface area contributed by atoms with Gasteiger partial charge in [-0.3, -0.25) is 4.79 Å². The minimum Gasteiger partial charge on any atom is -0.496 e. The Balaban J connectivity index is 1.13. The Morgan fingerprint density at radius 2 is 2.18 bits per heavy atom. The van der Waals surface area contributed by atoms with E-state index in [9.17, 15) is 4.79 Å². The molecule has 1 aromatic carbocycles. The normalized spacial score (nSPS) is 26.0. The second-order valence-corrected chi connectivity index (χ2v) is 8.26. The van der Waals surface area contributed by atoms with Gasteiger partial charge in [0.05, 0.1) is 12.7 Å². The van der Waals surface area contributed by atoms with Crippen molar-refractivity contribution >= 4 is 5.91 Å². The highest BCUT2D eigenvalue weighted by atomic mass is 16.5. The molecule has 0 aliphatic heterocycles. The number of aromatic nitrogens is 2. The summed E-state index contributed by atoms with van der Waals surface area (Å²) in [4.78, 5) is 16.7. The predicted molar refractivity (Wildman–Crippen MR) is 104 cm³/mol. The molecule has 146 valence electrons. The second kappa shape index (κ2) is 6.76. The van der Waals surface area contributed by atoms with Gasteiger partial charge in [0.1, 0.15) is 5.75 Å². The van der Waals surface area contributed by atoms with Crippen LogP contribution in [0.25, 0.3) is 11.4 Å². The molecule has 6 nitrogen and oxygen atoms in total. The lowest BCUT2D eigenvalue weighted by atomic mass is 9.89. The standard InChI is InChI=1S/C22H25N3O3/c1-27-18-5-3-2-4-16(18)21-24-20(28-25-21)9-8-19(26)23-13-14-12-15-6-7-17(14)22(15)10-11-22/h2-7,14-15,17H,8-13H2,1H3,(H,23,26)/t14-,15-,17-/m0/s1. The molecule has 1 heterocycles. The quantitative estimate of drug-likeness (QED) is 0.746. The van der Waals surface area contributed by atoms with E-state index in [-0.39, 0.29) is 5.91 Å². The number of nitrogens with one attached hydrogen (secondary N) is 1. The van der Waals surface area contributed by atoms with E-state index in [1.165, 1.54) is 19.3 Å². The Morgan fingerprint density at radius 1 is 1.32 bits per heavy atom. The zero-order chi connectivity index (χ0) is 19.1. The Kier molecular flexibility index (Phi) is 4.22. The summed E-state index contributed by atoms with van der Waals surface area (Å²) in [6.45, 7) is 0.780. The molecule has 28 heavy (non-hydrogen) atoms. The van der Waals surface area contributed by atoms with E-state index < -0.39 is 0 Å². The van der Waals surface area contributed by atoms with Crippen molar-refractivity contribution in [1.82, 2.24) is 15.5 Å². The fourth-order valence-corrected chi connectivity index (χ4v) is 5.20. The summed E-state index contributed by atoms with van der Waals surface area (Å²) in [5.41, 5.74) is 1.36. The van der Waals surface area contributed by atoms with Crippen molar-refractivity contribution in [3.05, 3.63) is 42.3 Å². The molecular weight excluding hydrogens is 354 g/mol. The van der Waals surface area contributed by atoms with E-state index in [0.29, 0.717) is 47.6 Å². The topological polar surface area (TPSA) is 77.2 Å². The molecule has 0 radical (unpaired) electrons. The molecule has 3 aliphatic carbocycles. The lowest BCUT2D eigenvalue weighted by Gasteiger charge is -2.20. The average molecular weight is 379 g/mol. The number of carbonyl (C=O) groups excluding carboxylic acids is 1. The van der Waals surface area contributed by atoms with Gasteiger partial charge in [-0.15, -0.1) is 0 Å². The zero-order valence-electron chi connectivity index (χ0n) is 16.1. The molecule has 2 aromatic rings. The number of carbonyl (C=O) groups is 1. The monoisotopic (exact) mass is 379 g/mol. The maximum atomic E-state index is 12.3. The van der Waals surface area contributed by atoms with Gasteiger partial charge in [-0.25, -0.2) is 0 Å². The van der Waals surface area contributed by atoms with Gasteiger partial charge in [-0.2, -0.15) is 4.98 Å². The number of methoxy groups -OCH3 is 1. The fourth-order valence-electron chi connectivity index (χ4n) is 5.20. The number of amides is 1. The van der Waals surface area contributed by atoms with Gasteiger partial charge in [0.15, 0.2) is 0 Å². The minimum atomic E-state index is 0.0497. The van der Waals surface area contributed by atoms with Crippen LogP contribution < -0.4 is 10.1 Å². The first-order valence-electron chi connectivity index (χ1n) is 10.1. The van der Waals surface area contributed by atoms with E-state index >= 15 is 0 Å². The van der Waals surface area contributed by atoms with E-state index in [0.717, 1.165) is 18.0 Å². The van der Waals surface area contributed by atoms with Crippen LogP contribution in [0.5, 0.6) is 5.75 Å². The Labute approximate surface area is 164 Å². The summed E-state index contributed by atoms with van der Waals surface area (Å²) in [6, 6.07) is 7.54. The Bertz CT molecular complexity index is 915. The first-order valence-corrected chi connectivity index (χ1v) is 10.1. The smallest absolute Gasteiger partial charge is 0.227 e. The number of allylic oxidation sites excluding steroid dienone is 2. The molecule has 1 aromatic heterocycles. The fraction of sp³-hybridized carbons (Fsp3) is 0.500. The molecule has 0 unspecified atom stereocenters. The van der Waals surface area contributed by atoms with Crippen LogP contribution in [0.4, 0.5) is 0 Å². The van der Waals surface area contributed by atoms with E-state index in [1.54, 1.807) is 7.11 Å². The maximum Gasteiger partial charge on any atom is 0.227 e. The molecule has 3 aliphatic rings. The second-order valence-electron chi connectivity index (χ2n) is 8.26. The molecule has 2 bridgehead atoms. The predicted octanol–water partition coefficient (Wildman–Crippen LogP) is 3.40. The summed E-state index contributed by atoms with van der Waals surface area (Å²) in [5, 5.41) is 7.14. The lowest BCUT2D eigenvalue weighted by Crippen LogP contribution is -2.31. The Hall–Kier alpha value is -2.63. The van der Waals surface area contributed by atoms with Crippen LogP contribution in [0.15, 0.2) is 40.9 Å². The summed E-state index contributed by atoms with van der Waals surface area (Å²) < 4.78 is 10.7. The first kappa shape index (κ1) is 17.5. The van der Waals surface area contributed by atoms with Crippen molar-refractivity contribution in [2.24, 2.45) is 23.2 Å². The number of para-hydroxylation sites is 1. The van der Waals surface area contributed by atoms with E-state index in [2.05, 4.69) is 27.6 Å². The third-order valence-electron chi connectivity index (χ3n) is 6.79. The van der Waals surface area contributed by atoms with Crippen LogP contribution in [0.3, 0.4) is 0 Å². The molecule has 5 rings (SSSR count). The van der Waals surface area contributed by atoms with Crippen LogP contribution in [0, 0.1) is 23.2 Å². The van der Waals surface area contributed by atoms with Gasteiger partial charge in [0, 0.05) is 19.4 Å². The van der Waals surface area contributed by atoms with Crippen molar-refractivity contribution < 1.29 is 14.1 Å². The number of rotatable bonds is 7. The number of hydrogen-bond donors (Lipinski definition) is 1. The average Bonchev–Trinajstić information content (AvgIpc) is 3.15. The molecule has 3 atom stereocenters. The van der Waals surface area contributed by atoms with Gasteiger partial charge < -0.3 is 14.6 Å². The minimum absolute atomic E-state index is 0.0497. The third kappa shape index (κ3) is 2.91. The van der Waals surface area contributed by atoms with Gasteiger partial charge in [0.25, 0.3) is 0 Å². The summed E-state index contributed by atoms with van der Waals surface area (Å²) in [7, 11) is 1.61. The largest absolute Gasteiger partial charge is 0.496 e. The molecule has 6 heteroatoms. The molecule has 0 saturated heterocycles. The van der Waals surface area contributed by atoms with Crippen LogP contribution >= 0.6 is 0 Å². The van der Waals surface area contributed by atoms with Crippen molar-refractivity contribution in [3.63, 3.8) is 0 Å². The van der Waals surface area contributed by atoms with Crippen molar-refractivity contribution in [2.75, 3.05) is 13.7 Å².